The van der Waals surface area contributed by atoms with Crippen LogP contribution in [-0.4, -0.2) is 37.4 Å². The van der Waals surface area contributed by atoms with Gasteiger partial charge < -0.3 is 10.6 Å². The summed E-state index contributed by atoms with van der Waals surface area (Å²) in [6.45, 7) is 2.02. The zero-order valence-electron chi connectivity index (χ0n) is 12.0. The molecule has 1 saturated heterocycles. The van der Waals surface area contributed by atoms with E-state index in [4.69, 9.17) is 5.73 Å². The number of carbonyl (C=O) groups is 1. The quantitative estimate of drug-likeness (QED) is 0.903. The van der Waals surface area contributed by atoms with Gasteiger partial charge in [0.25, 0.3) is 0 Å². The van der Waals surface area contributed by atoms with Crippen molar-refractivity contribution in [3.05, 3.63) is 35.1 Å². The lowest BCUT2D eigenvalue weighted by Crippen LogP contribution is -2.46. The number of benzene rings is 1. The van der Waals surface area contributed by atoms with Gasteiger partial charge in [0.05, 0.1) is 11.3 Å². The molecular formula is C14H19FN2O3S. The Bertz CT molecular complexity index is 660. The van der Waals surface area contributed by atoms with Gasteiger partial charge in [-0.05, 0) is 43.0 Å². The zero-order valence-corrected chi connectivity index (χ0v) is 12.9. The second kappa shape index (κ2) is 5.63. The first kappa shape index (κ1) is 15.8. The van der Waals surface area contributed by atoms with E-state index in [0.717, 1.165) is 5.56 Å². The smallest absolute Gasteiger partial charge is 0.315 e. The Labute approximate surface area is 123 Å². The van der Waals surface area contributed by atoms with Crippen molar-refractivity contribution in [1.82, 2.24) is 4.90 Å². The molecule has 1 aromatic carbocycles. The second-order valence-corrected chi connectivity index (χ2v) is 7.85. The molecule has 2 atom stereocenters. The van der Waals surface area contributed by atoms with Gasteiger partial charge in [0.2, 0.25) is 0 Å². The summed E-state index contributed by atoms with van der Waals surface area (Å²) < 4.78 is 36.8. The molecule has 0 spiro atoms. The van der Waals surface area contributed by atoms with Crippen LogP contribution >= 0.6 is 0 Å². The molecular weight excluding hydrogens is 295 g/mol. The van der Waals surface area contributed by atoms with E-state index in [9.17, 15) is 17.6 Å². The van der Waals surface area contributed by atoms with Crippen LogP contribution in [0.25, 0.3) is 0 Å². The predicted octanol–water partition coefficient (Wildman–Crippen LogP) is 1.76. The lowest BCUT2D eigenvalue weighted by atomic mass is 9.92. The van der Waals surface area contributed by atoms with Gasteiger partial charge in [0, 0.05) is 12.8 Å². The SMILES string of the molecule is Cc1cc(F)ccc1C1CC(S(C)(=O)=O)CCN1C(N)=O. The number of rotatable bonds is 2. The van der Waals surface area contributed by atoms with Gasteiger partial charge in [-0.1, -0.05) is 6.07 Å². The van der Waals surface area contributed by atoms with Gasteiger partial charge in [-0.15, -0.1) is 0 Å². The molecule has 0 bridgehead atoms. The molecule has 2 rings (SSSR count). The number of carbonyl (C=O) groups excluding carboxylic acids is 1. The van der Waals surface area contributed by atoms with E-state index in [-0.39, 0.29) is 18.8 Å². The first-order valence-electron chi connectivity index (χ1n) is 6.71. The van der Waals surface area contributed by atoms with E-state index in [2.05, 4.69) is 0 Å². The minimum Gasteiger partial charge on any atom is -0.351 e. The number of urea groups is 1. The summed E-state index contributed by atoms with van der Waals surface area (Å²) in [5, 5.41) is -0.512. The number of sulfone groups is 1. The fraction of sp³-hybridized carbons (Fsp3) is 0.500. The summed E-state index contributed by atoms with van der Waals surface area (Å²) in [6, 6.07) is 3.26. The maximum atomic E-state index is 13.2. The Hall–Kier alpha value is -1.63. The van der Waals surface area contributed by atoms with E-state index in [1.165, 1.54) is 23.3 Å². The summed E-state index contributed by atoms with van der Waals surface area (Å²) in [5.41, 5.74) is 6.81. The Morgan fingerprint density at radius 2 is 2.10 bits per heavy atom. The van der Waals surface area contributed by atoms with Crippen LogP contribution in [0.5, 0.6) is 0 Å². The van der Waals surface area contributed by atoms with Crippen LogP contribution in [-0.2, 0) is 9.84 Å². The lowest BCUT2D eigenvalue weighted by Gasteiger charge is -2.38. The summed E-state index contributed by atoms with van der Waals surface area (Å²) in [7, 11) is -3.19. The first-order chi connectivity index (χ1) is 9.70. The number of piperidine rings is 1. The molecule has 5 nitrogen and oxygen atoms in total. The molecule has 1 aromatic rings. The van der Waals surface area contributed by atoms with Crippen LogP contribution in [0.4, 0.5) is 9.18 Å². The molecule has 0 radical (unpaired) electrons. The summed E-state index contributed by atoms with van der Waals surface area (Å²) in [5.74, 6) is -0.364. The maximum Gasteiger partial charge on any atom is 0.315 e. The monoisotopic (exact) mass is 314 g/mol. The van der Waals surface area contributed by atoms with Crippen molar-refractivity contribution >= 4 is 15.9 Å². The predicted molar refractivity (Wildman–Crippen MR) is 78.0 cm³/mol. The number of aryl methyl sites for hydroxylation is 1. The van der Waals surface area contributed by atoms with Crippen molar-refractivity contribution in [1.29, 1.82) is 0 Å². The fourth-order valence-corrected chi connectivity index (χ4v) is 3.96. The van der Waals surface area contributed by atoms with Crippen LogP contribution in [0.15, 0.2) is 18.2 Å². The number of hydrogen-bond donors (Lipinski definition) is 1. The summed E-state index contributed by atoms with van der Waals surface area (Å²) in [6.07, 6.45) is 1.86. The highest BCUT2D eigenvalue weighted by Crippen LogP contribution is 2.35. The van der Waals surface area contributed by atoms with Crippen LogP contribution in [0, 0.1) is 12.7 Å². The van der Waals surface area contributed by atoms with Gasteiger partial charge in [0.15, 0.2) is 0 Å². The second-order valence-electron chi connectivity index (χ2n) is 5.52. The molecule has 1 aliphatic heterocycles. The number of likely N-dealkylation sites (tertiary alicyclic amines) is 1. The molecule has 7 heteroatoms. The van der Waals surface area contributed by atoms with Crippen LogP contribution in [0.1, 0.15) is 30.0 Å². The largest absolute Gasteiger partial charge is 0.351 e. The minimum absolute atomic E-state index is 0.286. The number of nitrogens with zero attached hydrogens (tertiary/aromatic N) is 1. The Morgan fingerprint density at radius 3 is 2.62 bits per heavy atom. The van der Waals surface area contributed by atoms with Crippen LogP contribution < -0.4 is 5.73 Å². The van der Waals surface area contributed by atoms with Gasteiger partial charge in [-0.3, -0.25) is 0 Å². The highest BCUT2D eigenvalue weighted by Gasteiger charge is 2.36. The van der Waals surface area contributed by atoms with E-state index in [1.807, 2.05) is 0 Å². The van der Waals surface area contributed by atoms with Crippen LogP contribution in [0.3, 0.4) is 0 Å². The molecule has 0 saturated carbocycles. The molecule has 21 heavy (non-hydrogen) atoms. The number of hydrogen-bond acceptors (Lipinski definition) is 3. The van der Waals surface area contributed by atoms with Crippen molar-refractivity contribution in [2.24, 2.45) is 5.73 Å². The number of nitrogens with two attached hydrogens (primary N) is 1. The molecule has 0 aliphatic carbocycles. The Morgan fingerprint density at radius 1 is 1.43 bits per heavy atom. The van der Waals surface area contributed by atoms with E-state index < -0.39 is 27.2 Å². The maximum absolute atomic E-state index is 13.2. The average molecular weight is 314 g/mol. The van der Waals surface area contributed by atoms with Crippen molar-refractivity contribution in [2.45, 2.75) is 31.1 Å². The molecule has 116 valence electrons. The van der Waals surface area contributed by atoms with Crippen molar-refractivity contribution in [3.63, 3.8) is 0 Å². The highest BCUT2D eigenvalue weighted by molar-refractivity contribution is 7.91. The summed E-state index contributed by atoms with van der Waals surface area (Å²) in [4.78, 5) is 13.1. The van der Waals surface area contributed by atoms with Crippen LogP contribution in [0.2, 0.25) is 0 Å². The molecule has 1 heterocycles. The van der Waals surface area contributed by atoms with Gasteiger partial charge >= 0.3 is 6.03 Å². The summed E-state index contributed by atoms with van der Waals surface area (Å²) >= 11 is 0. The highest BCUT2D eigenvalue weighted by atomic mass is 32.2. The van der Waals surface area contributed by atoms with Crippen molar-refractivity contribution < 1.29 is 17.6 Å². The lowest BCUT2D eigenvalue weighted by molar-refractivity contribution is 0.160. The normalized spacial score (nSPS) is 23.1. The molecule has 1 aliphatic rings. The van der Waals surface area contributed by atoms with E-state index >= 15 is 0 Å². The molecule has 2 unspecified atom stereocenters. The van der Waals surface area contributed by atoms with E-state index in [1.54, 1.807) is 13.0 Å². The van der Waals surface area contributed by atoms with Crippen molar-refractivity contribution in [2.75, 3.05) is 12.8 Å². The third kappa shape index (κ3) is 3.34. The zero-order chi connectivity index (χ0) is 15.8. The van der Waals surface area contributed by atoms with Gasteiger partial charge in [-0.25, -0.2) is 17.6 Å². The molecule has 2 N–H and O–H groups in total. The van der Waals surface area contributed by atoms with Gasteiger partial charge in [-0.2, -0.15) is 0 Å². The first-order valence-corrected chi connectivity index (χ1v) is 8.66. The third-order valence-corrected chi connectivity index (χ3v) is 5.67. The Kier molecular flexibility index (Phi) is 4.22. The molecule has 1 fully saturated rings. The average Bonchev–Trinajstić information content (AvgIpc) is 2.37. The number of primary amides is 1. The standard InChI is InChI=1S/C14H19FN2O3S/c1-9-7-10(15)3-4-12(9)13-8-11(21(2,19)20)5-6-17(13)14(16)18/h3-4,7,11,13H,5-6,8H2,1-2H3,(H2,16,18). The molecule has 0 aromatic heterocycles. The topological polar surface area (TPSA) is 80.5 Å². The fourth-order valence-electron chi connectivity index (χ4n) is 2.89. The van der Waals surface area contributed by atoms with Crippen molar-refractivity contribution in [3.8, 4) is 0 Å². The Balaban J connectivity index is 2.40. The molecule has 2 amide bonds. The number of amides is 2. The minimum atomic E-state index is -3.19. The number of halogens is 1. The van der Waals surface area contributed by atoms with Gasteiger partial charge in [0.1, 0.15) is 15.7 Å². The van der Waals surface area contributed by atoms with E-state index in [0.29, 0.717) is 12.0 Å². The third-order valence-electron chi connectivity index (χ3n) is 4.03.